The number of hydrogen-bond donors (Lipinski definition) is 2. The minimum Gasteiger partial charge on any atom is -0.481 e. The molecule has 20 heavy (non-hydrogen) atoms. The van der Waals surface area contributed by atoms with Gasteiger partial charge in [-0.05, 0) is 13.8 Å². The summed E-state index contributed by atoms with van der Waals surface area (Å²) in [6.45, 7) is 4.86. The van der Waals surface area contributed by atoms with Crippen LogP contribution in [-0.4, -0.2) is 58.4 Å². The maximum atomic E-state index is 12.5. The minimum absolute atomic E-state index is 0.135. The number of carboxylic acid groups (broad SMARTS) is 1. The van der Waals surface area contributed by atoms with E-state index >= 15 is 0 Å². The van der Waals surface area contributed by atoms with Crippen LogP contribution < -0.4 is 0 Å². The highest BCUT2D eigenvalue weighted by atomic mass is 16.5. The lowest BCUT2D eigenvalue weighted by atomic mass is 9.81. The molecule has 0 radical (unpaired) electrons. The lowest BCUT2D eigenvalue weighted by Crippen LogP contribution is -2.40. The van der Waals surface area contributed by atoms with E-state index in [0.717, 1.165) is 11.3 Å². The first kappa shape index (κ1) is 13.1. The van der Waals surface area contributed by atoms with E-state index < -0.39 is 11.4 Å². The highest BCUT2D eigenvalue weighted by molar-refractivity contribution is 5.95. The number of hydrogen-bond acceptors (Lipinski definition) is 4. The number of aliphatic carboxylic acids is 1. The summed E-state index contributed by atoms with van der Waals surface area (Å²) >= 11 is 0. The summed E-state index contributed by atoms with van der Waals surface area (Å²) in [5.74, 6) is -1.23. The van der Waals surface area contributed by atoms with Gasteiger partial charge in [-0.15, -0.1) is 0 Å². The summed E-state index contributed by atoms with van der Waals surface area (Å²) in [6.07, 6.45) is 0. The first-order chi connectivity index (χ1) is 9.45. The van der Waals surface area contributed by atoms with Crippen LogP contribution in [0.3, 0.4) is 0 Å². The number of H-pyrrole nitrogens is 1. The maximum Gasteiger partial charge on any atom is 0.314 e. The van der Waals surface area contributed by atoms with Gasteiger partial charge in [-0.1, -0.05) is 0 Å². The Morgan fingerprint density at radius 3 is 2.80 bits per heavy atom. The van der Waals surface area contributed by atoms with E-state index in [1.807, 2.05) is 13.8 Å². The Morgan fingerprint density at radius 2 is 2.25 bits per heavy atom. The number of carbonyl (C=O) groups excluding carboxylic acids is 1. The van der Waals surface area contributed by atoms with Crippen LogP contribution in [0.2, 0.25) is 0 Å². The van der Waals surface area contributed by atoms with Gasteiger partial charge < -0.3 is 14.7 Å². The van der Waals surface area contributed by atoms with Gasteiger partial charge in [-0.3, -0.25) is 14.7 Å². The molecule has 1 aromatic heterocycles. The molecule has 0 spiro atoms. The Morgan fingerprint density at radius 1 is 1.50 bits per heavy atom. The first-order valence-corrected chi connectivity index (χ1v) is 6.57. The van der Waals surface area contributed by atoms with Crippen molar-refractivity contribution < 1.29 is 19.4 Å². The number of aromatic amines is 1. The van der Waals surface area contributed by atoms with Crippen LogP contribution in [0.25, 0.3) is 0 Å². The minimum atomic E-state index is -0.949. The summed E-state index contributed by atoms with van der Waals surface area (Å²) in [4.78, 5) is 25.6. The number of carboxylic acids is 1. The van der Waals surface area contributed by atoms with Crippen molar-refractivity contribution in [1.29, 1.82) is 0 Å². The predicted octanol–water partition coefficient (Wildman–Crippen LogP) is 0.200. The molecule has 108 valence electrons. The van der Waals surface area contributed by atoms with Crippen molar-refractivity contribution in [2.75, 3.05) is 26.3 Å². The molecular formula is C13H17N3O4. The third kappa shape index (κ3) is 1.66. The molecule has 0 bridgehead atoms. The van der Waals surface area contributed by atoms with E-state index in [1.165, 1.54) is 0 Å². The van der Waals surface area contributed by atoms with E-state index in [1.54, 1.807) is 4.90 Å². The molecule has 1 amide bonds. The van der Waals surface area contributed by atoms with Gasteiger partial charge in [0.1, 0.15) is 5.41 Å². The van der Waals surface area contributed by atoms with Crippen molar-refractivity contribution in [3.8, 4) is 0 Å². The van der Waals surface area contributed by atoms with Gasteiger partial charge in [0.25, 0.3) is 5.91 Å². The number of carbonyl (C=O) groups is 2. The molecule has 7 heteroatoms. The molecule has 3 heterocycles. The van der Waals surface area contributed by atoms with E-state index in [2.05, 4.69) is 10.2 Å². The standard InChI is InChI=1S/C13H17N3O4/c1-7-8(2)14-15-10(7)11(17)16-3-9-4-20-6-13(9,5-16)12(18)19/h9H,3-6H2,1-2H3,(H,14,15)(H,18,19)/t9-,13-/m1/s1. The number of aryl methyl sites for hydroxylation is 1. The van der Waals surface area contributed by atoms with Crippen LogP contribution >= 0.6 is 0 Å². The fourth-order valence-corrected chi connectivity index (χ4v) is 3.04. The van der Waals surface area contributed by atoms with E-state index in [9.17, 15) is 14.7 Å². The number of nitrogens with zero attached hydrogens (tertiary/aromatic N) is 2. The number of nitrogens with one attached hydrogen (secondary N) is 1. The molecule has 0 unspecified atom stereocenters. The fourth-order valence-electron chi connectivity index (χ4n) is 3.04. The van der Waals surface area contributed by atoms with E-state index in [-0.39, 0.29) is 25.0 Å². The van der Waals surface area contributed by atoms with Gasteiger partial charge in [0.05, 0.1) is 13.2 Å². The Bertz CT molecular complexity index is 582. The smallest absolute Gasteiger partial charge is 0.314 e. The summed E-state index contributed by atoms with van der Waals surface area (Å²) < 4.78 is 5.30. The third-order valence-corrected chi connectivity index (χ3v) is 4.54. The Kier molecular flexibility index (Phi) is 2.82. The number of fused-ring (bicyclic) bond motifs is 1. The Labute approximate surface area is 115 Å². The summed E-state index contributed by atoms with van der Waals surface area (Å²) in [7, 11) is 0. The second kappa shape index (κ2) is 4.31. The van der Waals surface area contributed by atoms with Gasteiger partial charge in [0.2, 0.25) is 0 Å². The number of ether oxygens (including phenoxy) is 1. The van der Waals surface area contributed by atoms with Crippen molar-refractivity contribution in [2.24, 2.45) is 11.3 Å². The van der Waals surface area contributed by atoms with Crippen molar-refractivity contribution in [3.05, 3.63) is 17.0 Å². The van der Waals surface area contributed by atoms with Gasteiger partial charge in [0, 0.05) is 30.3 Å². The zero-order valence-corrected chi connectivity index (χ0v) is 11.5. The highest BCUT2D eigenvalue weighted by Gasteiger charge is 2.57. The van der Waals surface area contributed by atoms with Gasteiger partial charge >= 0.3 is 5.97 Å². The van der Waals surface area contributed by atoms with E-state index in [4.69, 9.17) is 4.74 Å². The van der Waals surface area contributed by atoms with Crippen LogP contribution in [0.15, 0.2) is 0 Å². The zero-order chi connectivity index (χ0) is 14.5. The zero-order valence-electron chi connectivity index (χ0n) is 11.5. The van der Waals surface area contributed by atoms with Crippen LogP contribution in [0, 0.1) is 25.2 Å². The lowest BCUT2D eigenvalue weighted by Gasteiger charge is -2.21. The molecule has 0 saturated carbocycles. The van der Waals surface area contributed by atoms with Crippen LogP contribution in [0.5, 0.6) is 0 Å². The predicted molar refractivity (Wildman–Crippen MR) is 68.3 cm³/mol. The van der Waals surface area contributed by atoms with Gasteiger partial charge in [0.15, 0.2) is 5.69 Å². The molecule has 1 aromatic rings. The normalized spacial score (nSPS) is 28.7. The highest BCUT2D eigenvalue weighted by Crippen LogP contribution is 2.42. The topological polar surface area (TPSA) is 95.5 Å². The molecule has 2 aliphatic rings. The molecule has 2 atom stereocenters. The average molecular weight is 279 g/mol. The quantitative estimate of drug-likeness (QED) is 0.806. The van der Waals surface area contributed by atoms with Crippen LogP contribution in [0.1, 0.15) is 21.7 Å². The number of rotatable bonds is 2. The van der Waals surface area contributed by atoms with Crippen molar-refractivity contribution in [1.82, 2.24) is 15.1 Å². The fraction of sp³-hybridized carbons (Fsp3) is 0.615. The molecule has 0 aliphatic carbocycles. The van der Waals surface area contributed by atoms with Crippen LogP contribution in [0.4, 0.5) is 0 Å². The molecule has 3 rings (SSSR count). The first-order valence-electron chi connectivity index (χ1n) is 6.57. The largest absolute Gasteiger partial charge is 0.481 e. The van der Waals surface area contributed by atoms with Crippen molar-refractivity contribution in [2.45, 2.75) is 13.8 Å². The number of amides is 1. The number of likely N-dealkylation sites (tertiary alicyclic amines) is 1. The molecule has 2 aliphatic heterocycles. The molecular weight excluding hydrogens is 262 g/mol. The second-order valence-electron chi connectivity index (χ2n) is 5.68. The lowest BCUT2D eigenvalue weighted by molar-refractivity contribution is -0.149. The third-order valence-electron chi connectivity index (χ3n) is 4.54. The summed E-state index contributed by atoms with van der Waals surface area (Å²) in [6, 6.07) is 0. The molecule has 7 nitrogen and oxygen atoms in total. The van der Waals surface area contributed by atoms with Gasteiger partial charge in [-0.25, -0.2) is 0 Å². The Balaban J connectivity index is 1.86. The maximum absolute atomic E-state index is 12.5. The van der Waals surface area contributed by atoms with Gasteiger partial charge in [-0.2, -0.15) is 5.10 Å². The monoisotopic (exact) mass is 279 g/mol. The van der Waals surface area contributed by atoms with E-state index in [0.29, 0.717) is 18.8 Å². The molecule has 2 fully saturated rings. The molecule has 2 saturated heterocycles. The Hall–Kier alpha value is -1.89. The summed E-state index contributed by atoms with van der Waals surface area (Å²) in [5, 5.41) is 16.3. The SMILES string of the molecule is Cc1[nH]nc(C(=O)N2C[C@@H]3COC[C@]3(C(=O)O)C2)c1C. The molecule has 2 N–H and O–H groups in total. The summed E-state index contributed by atoms with van der Waals surface area (Å²) in [5.41, 5.74) is 1.09. The van der Waals surface area contributed by atoms with Crippen molar-refractivity contribution >= 4 is 11.9 Å². The second-order valence-corrected chi connectivity index (χ2v) is 5.68. The number of aromatic nitrogens is 2. The average Bonchev–Trinajstić information content (AvgIpc) is 3.03. The van der Waals surface area contributed by atoms with Crippen molar-refractivity contribution in [3.63, 3.8) is 0 Å². The molecule has 0 aromatic carbocycles. The van der Waals surface area contributed by atoms with Crippen LogP contribution in [-0.2, 0) is 9.53 Å².